The highest BCUT2D eigenvalue weighted by atomic mass is 16.6. The van der Waals surface area contributed by atoms with Gasteiger partial charge >= 0.3 is 0 Å². The predicted molar refractivity (Wildman–Crippen MR) is 99.7 cm³/mol. The number of hydrogen-bond donors (Lipinski definition) is 6. The molecule has 0 amide bonds. The maximum Gasteiger partial charge on any atom is 0.0989 e. The lowest BCUT2D eigenvalue weighted by Gasteiger charge is -2.22. The van der Waals surface area contributed by atoms with Crippen LogP contribution in [0.5, 0.6) is 0 Å². The third kappa shape index (κ3) is 18.7. The number of ether oxygens (including phenoxy) is 5. The van der Waals surface area contributed by atoms with E-state index >= 15 is 0 Å². The van der Waals surface area contributed by atoms with Crippen LogP contribution in [0.2, 0.25) is 0 Å². The maximum atomic E-state index is 9.80. The van der Waals surface area contributed by atoms with Crippen molar-refractivity contribution in [2.45, 2.75) is 25.0 Å². The van der Waals surface area contributed by atoms with E-state index in [0.29, 0.717) is 52.9 Å². The average molecular weight is 399 g/mol. The first kappa shape index (κ1) is 26.6. The Hall–Kier alpha value is -0.440. The van der Waals surface area contributed by atoms with Crippen LogP contribution in [0.4, 0.5) is 0 Å². The van der Waals surface area contributed by atoms with Crippen LogP contribution < -0.4 is 22.5 Å². The molecule has 27 heavy (non-hydrogen) atoms. The van der Waals surface area contributed by atoms with E-state index in [1.807, 2.05) is 0 Å². The SMILES string of the molecule is CC(O)(CNN)COCCOCCOCCOCCOCC(C)(O)CNN. The van der Waals surface area contributed by atoms with Gasteiger partial charge in [-0.05, 0) is 13.8 Å². The van der Waals surface area contributed by atoms with Crippen molar-refractivity contribution in [1.29, 1.82) is 0 Å². The predicted octanol–water partition coefficient (Wildman–Crippen LogP) is -2.50. The van der Waals surface area contributed by atoms with Gasteiger partial charge in [-0.25, -0.2) is 0 Å². The highest BCUT2D eigenvalue weighted by molar-refractivity contribution is 4.73. The summed E-state index contributed by atoms with van der Waals surface area (Å²) >= 11 is 0. The first-order chi connectivity index (χ1) is 12.8. The number of aliphatic hydroxyl groups is 2. The summed E-state index contributed by atoms with van der Waals surface area (Å²) in [5, 5.41) is 19.6. The van der Waals surface area contributed by atoms with Gasteiger partial charge in [0.05, 0.1) is 77.3 Å². The quantitative estimate of drug-likeness (QED) is 0.0730. The summed E-state index contributed by atoms with van der Waals surface area (Å²) in [6.45, 7) is 7.60. The molecule has 0 rings (SSSR count). The third-order valence-electron chi connectivity index (χ3n) is 3.28. The number of rotatable bonds is 20. The summed E-state index contributed by atoms with van der Waals surface area (Å²) in [6.07, 6.45) is 0. The van der Waals surface area contributed by atoms with E-state index in [-0.39, 0.29) is 26.3 Å². The molecule has 164 valence electrons. The molecule has 0 radical (unpaired) electrons. The molecule has 0 aromatic heterocycles. The van der Waals surface area contributed by atoms with Crippen molar-refractivity contribution >= 4 is 0 Å². The second kappa shape index (κ2) is 16.5. The van der Waals surface area contributed by atoms with Gasteiger partial charge in [-0.2, -0.15) is 0 Å². The van der Waals surface area contributed by atoms with Gasteiger partial charge in [0.1, 0.15) is 0 Å². The van der Waals surface area contributed by atoms with E-state index < -0.39 is 11.2 Å². The second-order valence-corrected chi connectivity index (χ2v) is 6.70. The lowest BCUT2D eigenvalue weighted by molar-refractivity contribution is -0.0562. The van der Waals surface area contributed by atoms with Gasteiger partial charge in [-0.3, -0.25) is 22.5 Å². The monoisotopic (exact) mass is 398 g/mol. The van der Waals surface area contributed by atoms with Gasteiger partial charge < -0.3 is 33.9 Å². The van der Waals surface area contributed by atoms with Crippen molar-refractivity contribution in [2.24, 2.45) is 11.7 Å². The first-order valence-electron chi connectivity index (χ1n) is 9.03. The van der Waals surface area contributed by atoms with Crippen LogP contribution in [-0.4, -0.2) is 101 Å². The number of hydrazine groups is 2. The topological polar surface area (TPSA) is 163 Å². The van der Waals surface area contributed by atoms with Gasteiger partial charge in [-0.1, -0.05) is 0 Å². The van der Waals surface area contributed by atoms with E-state index in [0.717, 1.165) is 0 Å². The molecule has 2 unspecified atom stereocenters. The van der Waals surface area contributed by atoms with Crippen LogP contribution in [0.25, 0.3) is 0 Å². The zero-order valence-electron chi connectivity index (χ0n) is 16.6. The zero-order chi connectivity index (χ0) is 20.4. The standard InChI is InChI=1S/C16H38N4O7/c1-15(21,11-19-17)13-26-9-7-24-5-3-23-4-6-25-8-10-27-14-16(2,22)12-20-18/h19-22H,3-14,17-18H2,1-2H3. The summed E-state index contributed by atoms with van der Waals surface area (Å²) in [5.74, 6) is 10.3. The van der Waals surface area contributed by atoms with E-state index in [1.54, 1.807) is 13.8 Å². The van der Waals surface area contributed by atoms with Gasteiger partial charge in [0, 0.05) is 13.1 Å². The molecule has 2 atom stereocenters. The Bertz CT molecular complexity index is 306. The Morgan fingerprint density at radius 2 is 0.852 bits per heavy atom. The van der Waals surface area contributed by atoms with Crippen molar-refractivity contribution in [3.63, 3.8) is 0 Å². The Morgan fingerprint density at radius 3 is 1.11 bits per heavy atom. The molecule has 0 fully saturated rings. The minimum atomic E-state index is -0.998. The molecule has 0 saturated carbocycles. The van der Waals surface area contributed by atoms with E-state index in [4.69, 9.17) is 35.4 Å². The first-order valence-corrected chi connectivity index (χ1v) is 9.03. The van der Waals surface area contributed by atoms with Crippen LogP contribution in [0.15, 0.2) is 0 Å². The largest absolute Gasteiger partial charge is 0.386 e. The van der Waals surface area contributed by atoms with Gasteiger partial charge in [-0.15, -0.1) is 0 Å². The maximum absolute atomic E-state index is 9.80. The van der Waals surface area contributed by atoms with Gasteiger partial charge in [0.15, 0.2) is 0 Å². The molecule has 0 aliphatic heterocycles. The summed E-state index contributed by atoms with van der Waals surface area (Å²) in [6, 6.07) is 0. The zero-order valence-corrected chi connectivity index (χ0v) is 16.6. The van der Waals surface area contributed by atoms with Crippen molar-refractivity contribution in [2.75, 3.05) is 79.2 Å². The number of nitrogens with two attached hydrogens (primary N) is 2. The van der Waals surface area contributed by atoms with Gasteiger partial charge in [0.25, 0.3) is 0 Å². The molecule has 0 aliphatic rings. The Kier molecular flexibility index (Phi) is 16.2. The molecule has 11 nitrogen and oxygen atoms in total. The molecular weight excluding hydrogens is 360 g/mol. The Labute approximate surface area is 161 Å². The van der Waals surface area contributed by atoms with Crippen LogP contribution >= 0.6 is 0 Å². The molecule has 11 heteroatoms. The van der Waals surface area contributed by atoms with Crippen LogP contribution in [-0.2, 0) is 23.7 Å². The summed E-state index contributed by atoms with van der Waals surface area (Å²) in [4.78, 5) is 0. The molecular formula is C16H38N4O7. The van der Waals surface area contributed by atoms with Crippen LogP contribution in [0.3, 0.4) is 0 Å². The fourth-order valence-corrected chi connectivity index (χ4v) is 1.90. The van der Waals surface area contributed by atoms with Crippen molar-refractivity contribution in [1.82, 2.24) is 10.9 Å². The second-order valence-electron chi connectivity index (χ2n) is 6.70. The summed E-state index contributed by atoms with van der Waals surface area (Å²) < 4.78 is 26.7. The average Bonchev–Trinajstić information content (AvgIpc) is 2.58. The Balaban J connectivity index is 3.23. The Morgan fingerprint density at radius 1 is 0.593 bits per heavy atom. The lowest BCUT2D eigenvalue weighted by Crippen LogP contribution is -2.44. The fraction of sp³-hybridized carbons (Fsp3) is 1.00. The smallest absolute Gasteiger partial charge is 0.0989 e. The lowest BCUT2D eigenvalue weighted by atomic mass is 10.1. The molecule has 0 bridgehead atoms. The molecule has 0 heterocycles. The van der Waals surface area contributed by atoms with Crippen molar-refractivity contribution in [3.8, 4) is 0 Å². The molecule has 8 N–H and O–H groups in total. The fourth-order valence-electron chi connectivity index (χ4n) is 1.90. The normalized spacial score (nSPS) is 16.2. The summed E-state index contributed by atoms with van der Waals surface area (Å²) in [7, 11) is 0. The minimum absolute atomic E-state index is 0.180. The molecule has 0 aromatic rings. The van der Waals surface area contributed by atoms with Crippen LogP contribution in [0.1, 0.15) is 13.8 Å². The van der Waals surface area contributed by atoms with E-state index in [1.165, 1.54) is 0 Å². The minimum Gasteiger partial charge on any atom is -0.386 e. The number of hydrogen-bond acceptors (Lipinski definition) is 11. The summed E-state index contributed by atoms with van der Waals surface area (Å²) in [5.41, 5.74) is 2.82. The molecule has 0 aromatic carbocycles. The van der Waals surface area contributed by atoms with Crippen molar-refractivity contribution in [3.05, 3.63) is 0 Å². The third-order valence-corrected chi connectivity index (χ3v) is 3.28. The van der Waals surface area contributed by atoms with E-state index in [2.05, 4.69) is 10.9 Å². The molecule has 0 saturated heterocycles. The van der Waals surface area contributed by atoms with Gasteiger partial charge in [0.2, 0.25) is 0 Å². The van der Waals surface area contributed by atoms with Crippen LogP contribution in [0, 0.1) is 0 Å². The van der Waals surface area contributed by atoms with Crippen molar-refractivity contribution < 1.29 is 33.9 Å². The molecule has 0 spiro atoms. The van der Waals surface area contributed by atoms with E-state index in [9.17, 15) is 10.2 Å². The molecule has 0 aliphatic carbocycles. The number of nitrogens with one attached hydrogen (secondary N) is 2. The highest BCUT2D eigenvalue weighted by Gasteiger charge is 2.20. The highest BCUT2D eigenvalue weighted by Crippen LogP contribution is 2.02.